The second kappa shape index (κ2) is 7.21. The fourth-order valence-corrected chi connectivity index (χ4v) is 3.20. The number of hydrogen-bond acceptors (Lipinski definition) is 5. The second-order valence-corrected chi connectivity index (χ2v) is 6.15. The number of carbonyl (C=O) groups is 1. The summed E-state index contributed by atoms with van der Waals surface area (Å²) in [5.74, 6) is 0.245. The minimum Gasteiger partial charge on any atom is -0.389 e. The molecule has 1 aromatic heterocycles. The molecule has 0 spiro atoms. The Morgan fingerprint density at radius 3 is 3.00 bits per heavy atom. The molecular formula is C15H24N4O3. The van der Waals surface area contributed by atoms with Gasteiger partial charge in [-0.15, -0.1) is 0 Å². The van der Waals surface area contributed by atoms with E-state index in [0.29, 0.717) is 19.7 Å². The largest absolute Gasteiger partial charge is 0.389 e. The Bertz CT molecular complexity index is 473. The van der Waals surface area contributed by atoms with E-state index in [1.807, 2.05) is 0 Å². The van der Waals surface area contributed by atoms with Crippen LogP contribution >= 0.6 is 0 Å². The van der Waals surface area contributed by atoms with Crippen LogP contribution < -0.4 is 10.6 Å². The molecule has 0 bridgehead atoms. The first kappa shape index (κ1) is 15.5. The van der Waals surface area contributed by atoms with Crippen LogP contribution in [-0.4, -0.2) is 52.4 Å². The van der Waals surface area contributed by atoms with Gasteiger partial charge < -0.3 is 25.5 Å². The zero-order valence-electron chi connectivity index (χ0n) is 12.6. The van der Waals surface area contributed by atoms with E-state index < -0.39 is 6.10 Å². The van der Waals surface area contributed by atoms with E-state index in [1.54, 1.807) is 12.5 Å². The molecule has 1 amide bonds. The Kier molecular flexibility index (Phi) is 5.07. The summed E-state index contributed by atoms with van der Waals surface area (Å²) in [7, 11) is 0. The van der Waals surface area contributed by atoms with Crippen molar-refractivity contribution in [2.75, 3.05) is 13.2 Å². The number of nitrogens with one attached hydrogen (secondary N) is 3. The van der Waals surface area contributed by atoms with Crippen molar-refractivity contribution in [3.63, 3.8) is 0 Å². The van der Waals surface area contributed by atoms with Gasteiger partial charge in [0.15, 0.2) is 0 Å². The number of ether oxygens (including phenoxy) is 1. The lowest BCUT2D eigenvalue weighted by atomic mass is 10.1. The van der Waals surface area contributed by atoms with Crippen LogP contribution in [0.25, 0.3) is 0 Å². The number of H-pyrrole nitrogens is 1. The van der Waals surface area contributed by atoms with Crippen molar-refractivity contribution in [2.45, 2.75) is 50.5 Å². The molecule has 1 saturated carbocycles. The van der Waals surface area contributed by atoms with Gasteiger partial charge in [0.05, 0.1) is 25.1 Å². The highest BCUT2D eigenvalue weighted by atomic mass is 16.5. The smallest absolute Gasteiger partial charge is 0.223 e. The average molecular weight is 308 g/mol. The monoisotopic (exact) mass is 308 g/mol. The molecule has 3 unspecified atom stereocenters. The molecule has 3 atom stereocenters. The third kappa shape index (κ3) is 3.66. The summed E-state index contributed by atoms with van der Waals surface area (Å²) in [5, 5.41) is 16.5. The summed E-state index contributed by atoms with van der Waals surface area (Å²) in [6, 6.07) is -0.128. The molecular weight excluding hydrogens is 284 g/mol. The van der Waals surface area contributed by atoms with Gasteiger partial charge in [-0.05, 0) is 12.8 Å². The van der Waals surface area contributed by atoms with E-state index >= 15 is 0 Å². The number of aromatic nitrogens is 2. The van der Waals surface area contributed by atoms with Crippen molar-refractivity contribution in [3.05, 3.63) is 18.2 Å². The zero-order chi connectivity index (χ0) is 15.4. The minimum atomic E-state index is -0.619. The SMILES string of the molecule is O=C(NCC1OCC(NCc2cnc[nH]2)C1O)C1CCCC1. The van der Waals surface area contributed by atoms with Gasteiger partial charge in [-0.3, -0.25) is 4.79 Å². The topological polar surface area (TPSA) is 99.3 Å². The molecule has 22 heavy (non-hydrogen) atoms. The number of aromatic amines is 1. The number of hydrogen-bond donors (Lipinski definition) is 4. The number of rotatable bonds is 6. The summed E-state index contributed by atoms with van der Waals surface area (Å²) >= 11 is 0. The van der Waals surface area contributed by atoms with Gasteiger partial charge in [-0.1, -0.05) is 12.8 Å². The summed E-state index contributed by atoms with van der Waals surface area (Å²) in [4.78, 5) is 19.0. The predicted molar refractivity (Wildman–Crippen MR) is 79.9 cm³/mol. The number of nitrogens with zero attached hydrogens (tertiary/aromatic N) is 1. The molecule has 1 saturated heterocycles. The van der Waals surface area contributed by atoms with Crippen LogP contribution in [-0.2, 0) is 16.1 Å². The molecule has 2 aliphatic rings. The second-order valence-electron chi connectivity index (χ2n) is 6.15. The number of imidazole rings is 1. The molecule has 122 valence electrons. The molecule has 2 fully saturated rings. The van der Waals surface area contributed by atoms with Crippen molar-refractivity contribution in [2.24, 2.45) is 5.92 Å². The standard InChI is InChI=1S/C15H24N4O3/c20-14-12(17-6-11-5-16-9-19-11)8-22-13(14)7-18-15(21)10-3-1-2-4-10/h5,9-10,12-14,17,20H,1-4,6-8H2,(H,16,19)(H,18,21). The van der Waals surface area contributed by atoms with E-state index in [2.05, 4.69) is 20.6 Å². The Morgan fingerprint density at radius 1 is 1.45 bits per heavy atom. The quantitative estimate of drug-likeness (QED) is 0.590. The van der Waals surface area contributed by atoms with Gasteiger partial charge in [0.1, 0.15) is 6.10 Å². The van der Waals surface area contributed by atoms with Crippen LogP contribution in [0, 0.1) is 5.92 Å². The van der Waals surface area contributed by atoms with Gasteiger partial charge >= 0.3 is 0 Å². The fraction of sp³-hybridized carbons (Fsp3) is 0.733. The lowest BCUT2D eigenvalue weighted by molar-refractivity contribution is -0.125. The van der Waals surface area contributed by atoms with Crippen LogP contribution in [0.5, 0.6) is 0 Å². The van der Waals surface area contributed by atoms with E-state index in [1.165, 1.54) is 0 Å². The molecule has 0 aromatic carbocycles. The average Bonchev–Trinajstić information content (AvgIpc) is 3.26. The molecule has 4 N–H and O–H groups in total. The molecule has 7 heteroatoms. The number of aliphatic hydroxyl groups is 1. The summed E-state index contributed by atoms with van der Waals surface area (Å²) < 4.78 is 5.61. The molecule has 3 rings (SSSR count). The maximum Gasteiger partial charge on any atom is 0.223 e. The molecule has 1 aromatic rings. The number of aliphatic hydroxyl groups excluding tert-OH is 1. The first-order chi connectivity index (χ1) is 10.7. The maximum atomic E-state index is 12.0. The van der Waals surface area contributed by atoms with E-state index in [-0.39, 0.29) is 24.0 Å². The Balaban J connectivity index is 1.40. The normalized spacial score (nSPS) is 29.0. The Labute approximate surface area is 129 Å². The maximum absolute atomic E-state index is 12.0. The van der Waals surface area contributed by atoms with Gasteiger partial charge in [-0.2, -0.15) is 0 Å². The first-order valence-electron chi connectivity index (χ1n) is 8.02. The number of carbonyl (C=O) groups excluding carboxylic acids is 1. The van der Waals surface area contributed by atoms with E-state index in [9.17, 15) is 9.90 Å². The van der Waals surface area contributed by atoms with Gasteiger partial charge in [0.25, 0.3) is 0 Å². The molecule has 1 aliphatic carbocycles. The highest BCUT2D eigenvalue weighted by molar-refractivity contribution is 5.78. The Hall–Kier alpha value is -1.44. The number of amides is 1. The molecule has 2 heterocycles. The Morgan fingerprint density at radius 2 is 2.27 bits per heavy atom. The third-order valence-electron chi connectivity index (χ3n) is 4.60. The highest BCUT2D eigenvalue weighted by Crippen LogP contribution is 2.24. The lowest BCUT2D eigenvalue weighted by Gasteiger charge is -2.19. The van der Waals surface area contributed by atoms with E-state index in [4.69, 9.17) is 4.74 Å². The van der Waals surface area contributed by atoms with Crippen molar-refractivity contribution < 1.29 is 14.6 Å². The lowest BCUT2D eigenvalue weighted by Crippen LogP contribution is -2.45. The summed E-state index contributed by atoms with van der Waals surface area (Å²) in [6.45, 7) is 1.42. The fourth-order valence-electron chi connectivity index (χ4n) is 3.20. The van der Waals surface area contributed by atoms with Gasteiger partial charge in [-0.25, -0.2) is 4.98 Å². The van der Waals surface area contributed by atoms with Crippen LogP contribution in [0.15, 0.2) is 12.5 Å². The van der Waals surface area contributed by atoms with Crippen molar-refractivity contribution >= 4 is 5.91 Å². The van der Waals surface area contributed by atoms with Crippen LogP contribution in [0.2, 0.25) is 0 Å². The van der Waals surface area contributed by atoms with Crippen molar-refractivity contribution in [1.29, 1.82) is 0 Å². The minimum absolute atomic E-state index is 0.0992. The first-order valence-corrected chi connectivity index (χ1v) is 8.02. The summed E-state index contributed by atoms with van der Waals surface area (Å²) in [5.41, 5.74) is 0.963. The van der Waals surface area contributed by atoms with Crippen LogP contribution in [0.1, 0.15) is 31.4 Å². The summed E-state index contributed by atoms with van der Waals surface area (Å²) in [6.07, 6.45) is 6.65. The predicted octanol–water partition coefficient (Wildman–Crippen LogP) is -0.0660. The van der Waals surface area contributed by atoms with Gasteiger partial charge in [0, 0.05) is 30.9 Å². The van der Waals surface area contributed by atoms with Gasteiger partial charge in [0.2, 0.25) is 5.91 Å². The van der Waals surface area contributed by atoms with Crippen molar-refractivity contribution in [3.8, 4) is 0 Å². The van der Waals surface area contributed by atoms with Crippen molar-refractivity contribution in [1.82, 2.24) is 20.6 Å². The third-order valence-corrected chi connectivity index (χ3v) is 4.60. The zero-order valence-corrected chi connectivity index (χ0v) is 12.6. The van der Waals surface area contributed by atoms with E-state index in [0.717, 1.165) is 31.4 Å². The molecule has 1 aliphatic heterocycles. The molecule has 7 nitrogen and oxygen atoms in total. The highest BCUT2D eigenvalue weighted by Gasteiger charge is 2.36. The van der Waals surface area contributed by atoms with Crippen LogP contribution in [0.3, 0.4) is 0 Å². The molecule has 0 radical (unpaired) electrons. The van der Waals surface area contributed by atoms with Crippen LogP contribution in [0.4, 0.5) is 0 Å².